The Balaban J connectivity index is 1.26. The molecule has 4 rings (SSSR count). The van der Waals surface area contributed by atoms with E-state index in [4.69, 9.17) is 4.74 Å². The van der Waals surface area contributed by atoms with E-state index in [2.05, 4.69) is 91.0 Å². The minimum Gasteiger partial charge on any atom is -0.462 e. The minimum atomic E-state index is 0.0192. The number of hydrogen-bond acceptors (Lipinski definition) is 2. The van der Waals surface area contributed by atoms with Gasteiger partial charge in [0.05, 0.1) is 0 Å². The third-order valence-corrected chi connectivity index (χ3v) is 12.9. The van der Waals surface area contributed by atoms with Gasteiger partial charge >= 0.3 is 5.97 Å². The van der Waals surface area contributed by atoms with Crippen molar-refractivity contribution in [3.8, 4) is 0 Å². The summed E-state index contributed by atoms with van der Waals surface area (Å²) < 4.78 is 6.07. The van der Waals surface area contributed by atoms with Crippen molar-refractivity contribution in [2.75, 3.05) is 0 Å². The maximum atomic E-state index is 12.7. The first-order valence-electron chi connectivity index (χ1n) is 18.5. The summed E-state index contributed by atoms with van der Waals surface area (Å²) in [6.07, 6.45) is 33.9. The van der Waals surface area contributed by atoms with Crippen LogP contribution in [-0.2, 0) is 9.53 Å². The van der Waals surface area contributed by atoms with Gasteiger partial charge in [0.25, 0.3) is 0 Å². The average molecular weight is 591 g/mol. The fourth-order valence-electron chi connectivity index (χ4n) is 9.79. The summed E-state index contributed by atoms with van der Waals surface area (Å²) in [6, 6.07) is 0. The summed E-state index contributed by atoms with van der Waals surface area (Å²) in [5, 5.41) is 0. The van der Waals surface area contributed by atoms with Crippen LogP contribution in [0.1, 0.15) is 145 Å². The lowest BCUT2D eigenvalue weighted by molar-refractivity contribution is -0.151. The van der Waals surface area contributed by atoms with Crippen LogP contribution in [0.5, 0.6) is 0 Å². The molecule has 0 radical (unpaired) electrons. The molecule has 0 heterocycles. The van der Waals surface area contributed by atoms with Crippen LogP contribution in [0.25, 0.3) is 0 Å². The predicted octanol–water partition coefficient (Wildman–Crippen LogP) is 11.8. The molecule has 43 heavy (non-hydrogen) atoms. The lowest BCUT2D eigenvalue weighted by Gasteiger charge is -2.58. The van der Waals surface area contributed by atoms with Crippen molar-refractivity contribution in [3.05, 3.63) is 48.1 Å². The number of fused-ring (bicyclic) bond motifs is 5. The van der Waals surface area contributed by atoms with Crippen LogP contribution >= 0.6 is 0 Å². The van der Waals surface area contributed by atoms with Gasteiger partial charge in [0.1, 0.15) is 6.10 Å². The van der Waals surface area contributed by atoms with Gasteiger partial charge in [-0.2, -0.15) is 0 Å². The molecule has 9 atom stereocenters. The highest BCUT2D eigenvalue weighted by Gasteiger charge is 2.59. The molecular formula is C41H66O2. The Morgan fingerprint density at radius 2 is 1.70 bits per heavy atom. The summed E-state index contributed by atoms with van der Waals surface area (Å²) in [6.45, 7) is 17.0. The highest BCUT2D eigenvalue weighted by molar-refractivity contribution is 5.69. The van der Waals surface area contributed by atoms with Gasteiger partial charge in [-0.15, -0.1) is 0 Å². The molecule has 242 valence electrons. The Morgan fingerprint density at radius 1 is 0.930 bits per heavy atom. The molecular weight excluding hydrogens is 524 g/mol. The highest BCUT2D eigenvalue weighted by Crippen LogP contribution is 2.67. The smallest absolute Gasteiger partial charge is 0.306 e. The standard InChI is InChI=1S/C41H66O2/c1-8-9-10-11-12-13-14-15-16-17-18-39(42)43-34-25-27-40(6)33(29-34)21-22-35-37-24-23-36(41(37,7)28-26-38(35)40)32(5)20-19-31(4)30(2)3/h10-11,13-14,19-21,30-32,34-38H,8-9,12,15-18,22-29H2,1-7H3/b11-10-,14-13-,20-19+. The number of carbonyl (C=O) groups excluding carboxylic acids is 1. The van der Waals surface area contributed by atoms with E-state index in [-0.39, 0.29) is 12.1 Å². The first-order chi connectivity index (χ1) is 20.6. The number of esters is 1. The zero-order chi connectivity index (χ0) is 31.0. The fourth-order valence-corrected chi connectivity index (χ4v) is 9.79. The maximum absolute atomic E-state index is 12.7. The van der Waals surface area contributed by atoms with Crippen molar-refractivity contribution in [1.29, 1.82) is 0 Å². The molecule has 2 heteroatoms. The molecule has 2 nitrogen and oxygen atoms in total. The molecule has 0 saturated heterocycles. The number of rotatable bonds is 14. The quantitative estimate of drug-likeness (QED) is 0.114. The van der Waals surface area contributed by atoms with Crippen molar-refractivity contribution in [1.82, 2.24) is 0 Å². The third kappa shape index (κ3) is 8.18. The second-order valence-electron chi connectivity index (χ2n) is 15.9. The van der Waals surface area contributed by atoms with Crippen molar-refractivity contribution >= 4 is 5.97 Å². The Hall–Kier alpha value is -1.57. The molecule has 3 saturated carbocycles. The molecule has 9 unspecified atom stereocenters. The number of unbranched alkanes of at least 4 members (excludes halogenated alkanes) is 3. The zero-order valence-electron chi connectivity index (χ0n) is 29.1. The summed E-state index contributed by atoms with van der Waals surface area (Å²) in [4.78, 5) is 12.7. The Kier molecular flexibility index (Phi) is 12.5. The molecule has 4 aliphatic carbocycles. The summed E-state index contributed by atoms with van der Waals surface area (Å²) in [7, 11) is 0. The second-order valence-corrected chi connectivity index (χ2v) is 15.9. The van der Waals surface area contributed by atoms with Gasteiger partial charge in [-0.05, 0) is 129 Å². The monoisotopic (exact) mass is 591 g/mol. The van der Waals surface area contributed by atoms with Gasteiger partial charge in [-0.3, -0.25) is 4.79 Å². The lowest BCUT2D eigenvalue weighted by Crippen LogP contribution is -2.51. The highest BCUT2D eigenvalue weighted by atomic mass is 16.5. The molecule has 0 aliphatic heterocycles. The maximum Gasteiger partial charge on any atom is 0.306 e. The van der Waals surface area contributed by atoms with E-state index in [9.17, 15) is 4.79 Å². The van der Waals surface area contributed by atoms with Crippen LogP contribution < -0.4 is 0 Å². The van der Waals surface area contributed by atoms with Gasteiger partial charge < -0.3 is 4.74 Å². The van der Waals surface area contributed by atoms with E-state index in [1.54, 1.807) is 5.57 Å². The van der Waals surface area contributed by atoms with E-state index >= 15 is 0 Å². The number of allylic oxidation sites excluding steroid dienone is 7. The normalized spacial score (nSPS) is 35.6. The van der Waals surface area contributed by atoms with Crippen molar-refractivity contribution in [2.45, 2.75) is 151 Å². The Bertz CT molecular complexity index is 1010. The number of hydrogen-bond donors (Lipinski definition) is 0. The van der Waals surface area contributed by atoms with E-state index in [1.165, 1.54) is 51.4 Å². The first-order valence-corrected chi connectivity index (χ1v) is 18.5. The molecule has 0 amide bonds. The molecule has 0 aromatic rings. The van der Waals surface area contributed by atoms with E-state index in [0.717, 1.165) is 62.2 Å². The van der Waals surface area contributed by atoms with Crippen LogP contribution in [-0.4, -0.2) is 12.1 Å². The molecule has 0 bridgehead atoms. The zero-order valence-corrected chi connectivity index (χ0v) is 29.1. The third-order valence-electron chi connectivity index (χ3n) is 12.9. The van der Waals surface area contributed by atoms with Crippen molar-refractivity contribution in [3.63, 3.8) is 0 Å². The molecule has 0 aromatic carbocycles. The van der Waals surface area contributed by atoms with Crippen LogP contribution in [0.15, 0.2) is 48.1 Å². The second kappa shape index (κ2) is 15.6. The fraction of sp³-hybridized carbons (Fsp3) is 0.780. The molecule has 0 spiro atoms. The van der Waals surface area contributed by atoms with Crippen LogP contribution in [0.2, 0.25) is 0 Å². The van der Waals surface area contributed by atoms with Crippen LogP contribution in [0.4, 0.5) is 0 Å². The first kappa shape index (κ1) is 34.3. The van der Waals surface area contributed by atoms with E-state index in [1.807, 2.05) is 0 Å². The molecule has 0 N–H and O–H groups in total. The molecule has 0 aromatic heterocycles. The van der Waals surface area contributed by atoms with Gasteiger partial charge in [0, 0.05) is 12.8 Å². The topological polar surface area (TPSA) is 26.3 Å². The minimum absolute atomic E-state index is 0.0192. The number of ether oxygens (including phenoxy) is 1. The van der Waals surface area contributed by atoms with Gasteiger partial charge in [-0.1, -0.05) is 103 Å². The Labute approximate surface area is 266 Å². The van der Waals surface area contributed by atoms with Crippen molar-refractivity contribution in [2.24, 2.45) is 52.3 Å². The Morgan fingerprint density at radius 3 is 2.44 bits per heavy atom. The van der Waals surface area contributed by atoms with Crippen LogP contribution in [0.3, 0.4) is 0 Å². The van der Waals surface area contributed by atoms with E-state index in [0.29, 0.717) is 35.0 Å². The number of carbonyl (C=O) groups is 1. The largest absolute Gasteiger partial charge is 0.462 e. The van der Waals surface area contributed by atoms with Crippen LogP contribution in [0, 0.1) is 52.3 Å². The average Bonchev–Trinajstić information content (AvgIpc) is 3.34. The van der Waals surface area contributed by atoms with Crippen molar-refractivity contribution < 1.29 is 9.53 Å². The van der Waals surface area contributed by atoms with Gasteiger partial charge in [-0.25, -0.2) is 0 Å². The molecule has 4 aliphatic rings. The van der Waals surface area contributed by atoms with E-state index < -0.39 is 0 Å². The summed E-state index contributed by atoms with van der Waals surface area (Å²) in [5.74, 6) is 5.41. The lowest BCUT2D eigenvalue weighted by atomic mass is 9.47. The van der Waals surface area contributed by atoms with Gasteiger partial charge in [0.2, 0.25) is 0 Å². The molecule has 3 fully saturated rings. The van der Waals surface area contributed by atoms with Gasteiger partial charge in [0.15, 0.2) is 0 Å². The predicted molar refractivity (Wildman–Crippen MR) is 184 cm³/mol. The summed E-state index contributed by atoms with van der Waals surface area (Å²) >= 11 is 0. The summed E-state index contributed by atoms with van der Waals surface area (Å²) in [5.41, 5.74) is 2.41. The SMILES string of the molecule is CCC/C=C\C/C=C\CCCCC(=O)OC1CCC2(C)C(=CCC3C2CCC2(C)C(C(C)/C=C/C(C)C(C)C)CCC32)C1.